The maximum Gasteiger partial charge on any atom is 0.319 e. The van der Waals surface area contributed by atoms with E-state index in [1.807, 2.05) is 31.2 Å². The highest BCUT2D eigenvalue weighted by atomic mass is 35.5. The number of carbonyl (C=O) groups excluding carboxylic acids is 1. The quantitative estimate of drug-likeness (QED) is 0.813. The van der Waals surface area contributed by atoms with Crippen LogP contribution in [0, 0.1) is 6.92 Å². The van der Waals surface area contributed by atoms with Crippen LogP contribution >= 0.6 is 11.6 Å². The van der Waals surface area contributed by atoms with Crippen LogP contribution in [0.2, 0.25) is 5.02 Å². The number of rotatable bonds is 6. The molecule has 128 valence electrons. The second-order valence-corrected chi connectivity index (χ2v) is 6.35. The van der Waals surface area contributed by atoms with Gasteiger partial charge in [-0.15, -0.1) is 0 Å². The van der Waals surface area contributed by atoms with Crippen molar-refractivity contribution < 1.29 is 4.79 Å². The Morgan fingerprint density at radius 1 is 1.17 bits per heavy atom. The Morgan fingerprint density at radius 2 is 1.92 bits per heavy atom. The zero-order valence-electron chi connectivity index (χ0n) is 14.4. The molecule has 0 aliphatic carbocycles. The lowest BCUT2D eigenvalue weighted by molar-refractivity contribution is 0.251. The van der Waals surface area contributed by atoms with Gasteiger partial charge in [-0.05, 0) is 49.3 Å². The van der Waals surface area contributed by atoms with E-state index in [1.165, 1.54) is 5.56 Å². The van der Waals surface area contributed by atoms with Crippen molar-refractivity contribution in [1.82, 2.24) is 10.2 Å². The van der Waals surface area contributed by atoms with E-state index in [2.05, 4.69) is 41.6 Å². The summed E-state index contributed by atoms with van der Waals surface area (Å²) >= 11 is 6.13. The molecule has 0 aliphatic rings. The van der Waals surface area contributed by atoms with Crippen molar-refractivity contribution in [1.29, 1.82) is 0 Å². The second kappa shape index (κ2) is 8.71. The maximum atomic E-state index is 12.0. The molecule has 5 heteroatoms. The van der Waals surface area contributed by atoms with Gasteiger partial charge in [0, 0.05) is 13.1 Å². The van der Waals surface area contributed by atoms with Gasteiger partial charge in [0.05, 0.1) is 10.7 Å². The third-order valence-electron chi connectivity index (χ3n) is 3.81. The van der Waals surface area contributed by atoms with E-state index in [1.54, 1.807) is 6.07 Å². The van der Waals surface area contributed by atoms with Gasteiger partial charge in [-0.3, -0.25) is 0 Å². The monoisotopic (exact) mass is 345 g/mol. The van der Waals surface area contributed by atoms with Gasteiger partial charge in [0.2, 0.25) is 0 Å². The number of urea groups is 1. The number of halogens is 1. The number of aryl methyl sites for hydroxylation is 1. The van der Waals surface area contributed by atoms with Crippen molar-refractivity contribution in [2.75, 3.05) is 18.9 Å². The molecule has 2 aromatic rings. The zero-order chi connectivity index (χ0) is 17.5. The van der Waals surface area contributed by atoms with Crippen LogP contribution in [-0.4, -0.2) is 24.5 Å². The molecule has 4 nitrogen and oxygen atoms in total. The number of carbonyl (C=O) groups is 1. The van der Waals surface area contributed by atoms with Gasteiger partial charge in [0.1, 0.15) is 0 Å². The standard InChI is InChI=1S/C19H24ClN3O/c1-4-23(3)13-16-7-5-6-15(11-16)12-21-19(24)22-18-9-8-14(2)10-17(18)20/h5-11H,4,12-13H2,1-3H3,(H2,21,22,24). The molecule has 0 saturated carbocycles. The first-order valence-corrected chi connectivity index (χ1v) is 8.43. The van der Waals surface area contributed by atoms with E-state index in [0.29, 0.717) is 17.3 Å². The van der Waals surface area contributed by atoms with Crippen molar-refractivity contribution in [3.8, 4) is 0 Å². The Kier molecular flexibility index (Phi) is 6.64. The van der Waals surface area contributed by atoms with E-state index in [0.717, 1.165) is 24.2 Å². The highest BCUT2D eigenvalue weighted by Crippen LogP contribution is 2.22. The molecule has 2 N–H and O–H groups in total. The fraction of sp³-hybridized carbons (Fsp3) is 0.316. The molecule has 0 saturated heterocycles. The largest absolute Gasteiger partial charge is 0.334 e. The van der Waals surface area contributed by atoms with Crippen molar-refractivity contribution >= 4 is 23.3 Å². The molecule has 0 aliphatic heterocycles. The number of benzene rings is 2. The van der Waals surface area contributed by atoms with Crippen LogP contribution in [0.1, 0.15) is 23.6 Å². The van der Waals surface area contributed by atoms with Crippen LogP contribution < -0.4 is 10.6 Å². The number of anilines is 1. The summed E-state index contributed by atoms with van der Waals surface area (Å²) in [5, 5.41) is 6.17. The first-order valence-electron chi connectivity index (χ1n) is 8.05. The van der Waals surface area contributed by atoms with E-state index in [-0.39, 0.29) is 6.03 Å². The van der Waals surface area contributed by atoms with Gasteiger partial charge in [0.15, 0.2) is 0 Å². The molecule has 0 spiro atoms. The van der Waals surface area contributed by atoms with Crippen LogP contribution in [-0.2, 0) is 13.1 Å². The summed E-state index contributed by atoms with van der Waals surface area (Å²) in [6, 6.07) is 13.5. The number of nitrogens with zero attached hydrogens (tertiary/aromatic N) is 1. The second-order valence-electron chi connectivity index (χ2n) is 5.94. The fourth-order valence-electron chi connectivity index (χ4n) is 2.33. The van der Waals surface area contributed by atoms with Gasteiger partial charge < -0.3 is 15.5 Å². The lowest BCUT2D eigenvalue weighted by Gasteiger charge is -2.15. The number of hydrogen-bond donors (Lipinski definition) is 2. The van der Waals surface area contributed by atoms with Gasteiger partial charge >= 0.3 is 6.03 Å². The molecular formula is C19H24ClN3O. The summed E-state index contributed by atoms with van der Waals surface area (Å²) in [6.07, 6.45) is 0. The molecule has 0 heterocycles. The minimum Gasteiger partial charge on any atom is -0.334 e. The van der Waals surface area contributed by atoms with Gasteiger partial charge in [-0.2, -0.15) is 0 Å². The lowest BCUT2D eigenvalue weighted by Crippen LogP contribution is -2.28. The zero-order valence-corrected chi connectivity index (χ0v) is 15.2. The van der Waals surface area contributed by atoms with Crippen LogP contribution in [0.15, 0.2) is 42.5 Å². The van der Waals surface area contributed by atoms with Crippen LogP contribution in [0.5, 0.6) is 0 Å². The molecular weight excluding hydrogens is 322 g/mol. The van der Waals surface area contributed by atoms with E-state index in [9.17, 15) is 4.79 Å². The highest BCUT2D eigenvalue weighted by Gasteiger charge is 2.06. The molecule has 2 rings (SSSR count). The third kappa shape index (κ3) is 5.55. The van der Waals surface area contributed by atoms with E-state index >= 15 is 0 Å². The van der Waals surface area contributed by atoms with Crippen LogP contribution in [0.25, 0.3) is 0 Å². The number of hydrogen-bond acceptors (Lipinski definition) is 2. The summed E-state index contributed by atoms with van der Waals surface area (Å²) in [7, 11) is 2.09. The molecule has 2 amide bonds. The highest BCUT2D eigenvalue weighted by molar-refractivity contribution is 6.33. The van der Waals surface area contributed by atoms with Crippen LogP contribution in [0.3, 0.4) is 0 Å². The Morgan fingerprint density at radius 3 is 2.62 bits per heavy atom. The molecule has 0 unspecified atom stereocenters. The van der Waals surface area contributed by atoms with Crippen LogP contribution in [0.4, 0.5) is 10.5 Å². The van der Waals surface area contributed by atoms with E-state index in [4.69, 9.17) is 11.6 Å². The molecule has 2 aromatic carbocycles. The number of nitrogens with one attached hydrogen (secondary N) is 2. The van der Waals surface area contributed by atoms with Gasteiger partial charge in [-0.1, -0.05) is 48.9 Å². The normalized spacial score (nSPS) is 10.7. The smallest absolute Gasteiger partial charge is 0.319 e. The Bertz CT molecular complexity index is 703. The first kappa shape index (κ1) is 18.3. The SMILES string of the molecule is CCN(C)Cc1cccc(CNC(=O)Nc2ccc(C)cc2Cl)c1. The maximum absolute atomic E-state index is 12.0. The molecule has 0 aromatic heterocycles. The predicted octanol–water partition coefficient (Wildman–Crippen LogP) is 4.42. The first-order chi connectivity index (χ1) is 11.5. The summed E-state index contributed by atoms with van der Waals surface area (Å²) in [5.74, 6) is 0. The third-order valence-corrected chi connectivity index (χ3v) is 4.12. The fourth-order valence-corrected chi connectivity index (χ4v) is 2.61. The van der Waals surface area contributed by atoms with Crippen molar-refractivity contribution in [3.63, 3.8) is 0 Å². The Balaban J connectivity index is 1.90. The molecule has 0 fully saturated rings. The van der Waals surface area contributed by atoms with Gasteiger partial charge in [-0.25, -0.2) is 4.79 Å². The molecule has 0 radical (unpaired) electrons. The van der Waals surface area contributed by atoms with Crippen molar-refractivity contribution in [2.45, 2.75) is 26.9 Å². The van der Waals surface area contributed by atoms with Crippen molar-refractivity contribution in [2.24, 2.45) is 0 Å². The summed E-state index contributed by atoms with van der Waals surface area (Å²) < 4.78 is 0. The summed E-state index contributed by atoms with van der Waals surface area (Å²) in [6.45, 7) is 6.46. The Hall–Kier alpha value is -2.04. The molecule has 0 atom stereocenters. The minimum atomic E-state index is -0.267. The lowest BCUT2D eigenvalue weighted by atomic mass is 10.1. The average molecular weight is 346 g/mol. The van der Waals surface area contributed by atoms with Crippen molar-refractivity contribution in [3.05, 3.63) is 64.2 Å². The predicted molar refractivity (Wildman–Crippen MR) is 100 cm³/mol. The van der Waals surface area contributed by atoms with Gasteiger partial charge in [0.25, 0.3) is 0 Å². The minimum absolute atomic E-state index is 0.267. The summed E-state index contributed by atoms with van der Waals surface area (Å²) in [4.78, 5) is 14.3. The Labute approximate surface area is 148 Å². The summed E-state index contributed by atoms with van der Waals surface area (Å²) in [5.41, 5.74) is 3.97. The molecule has 24 heavy (non-hydrogen) atoms. The average Bonchev–Trinajstić information content (AvgIpc) is 2.56. The number of amides is 2. The van der Waals surface area contributed by atoms with E-state index < -0.39 is 0 Å². The molecule has 0 bridgehead atoms. The topological polar surface area (TPSA) is 44.4 Å².